The van der Waals surface area contributed by atoms with E-state index >= 15 is 0 Å². The van der Waals surface area contributed by atoms with Crippen LogP contribution in [-0.4, -0.2) is 21.5 Å². The lowest BCUT2D eigenvalue weighted by Crippen LogP contribution is -2.29. The molecular formula is C15H22N4O. The highest BCUT2D eigenvalue weighted by atomic mass is 16.1. The van der Waals surface area contributed by atoms with Gasteiger partial charge >= 0.3 is 0 Å². The molecule has 2 rings (SSSR count). The molecule has 5 nitrogen and oxygen atoms in total. The van der Waals surface area contributed by atoms with Crippen molar-refractivity contribution in [3.8, 4) is 0 Å². The number of nitrogens with one attached hydrogen (secondary N) is 1. The highest BCUT2D eigenvalue weighted by Gasteiger charge is 2.16. The van der Waals surface area contributed by atoms with Crippen molar-refractivity contribution < 1.29 is 4.79 Å². The number of nitrogens with zero attached hydrogens (tertiary/aromatic N) is 2. The van der Waals surface area contributed by atoms with Gasteiger partial charge < -0.3 is 15.6 Å². The van der Waals surface area contributed by atoms with Gasteiger partial charge in [0.05, 0.1) is 17.1 Å². The van der Waals surface area contributed by atoms with E-state index in [9.17, 15) is 4.79 Å². The van der Waals surface area contributed by atoms with E-state index in [1.54, 1.807) is 0 Å². The first-order valence-corrected chi connectivity index (χ1v) is 6.95. The highest BCUT2D eigenvalue weighted by Crippen LogP contribution is 2.19. The van der Waals surface area contributed by atoms with Gasteiger partial charge in [-0.25, -0.2) is 4.98 Å². The first-order valence-electron chi connectivity index (χ1n) is 6.95. The van der Waals surface area contributed by atoms with Gasteiger partial charge in [0.1, 0.15) is 5.82 Å². The van der Waals surface area contributed by atoms with Crippen LogP contribution in [0.25, 0.3) is 11.0 Å². The predicted octanol–water partition coefficient (Wildman–Crippen LogP) is 1.88. The molecule has 1 heterocycles. The Bertz CT molecular complexity index is 603. The third-order valence-corrected chi connectivity index (χ3v) is 3.41. The second-order valence-corrected chi connectivity index (χ2v) is 5.32. The van der Waals surface area contributed by atoms with Crippen molar-refractivity contribution in [3.05, 3.63) is 30.1 Å². The van der Waals surface area contributed by atoms with Crippen LogP contribution in [0.15, 0.2) is 24.3 Å². The Balaban J connectivity index is 2.09. The fourth-order valence-electron chi connectivity index (χ4n) is 2.29. The number of carbonyl (C=O) groups excluding carboxylic acids is 1. The van der Waals surface area contributed by atoms with Gasteiger partial charge in [0, 0.05) is 19.5 Å². The summed E-state index contributed by atoms with van der Waals surface area (Å²) in [6.07, 6.45) is 1.15. The molecule has 0 spiro atoms. The molecule has 1 aromatic carbocycles. The second kappa shape index (κ2) is 6.05. The van der Waals surface area contributed by atoms with Gasteiger partial charge in [-0.3, -0.25) is 4.79 Å². The summed E-state index contributed by atoms with van der Waals surface area (Å²) in [5, 5.41) is 2.98. The van der Waals surface area contributed by atoms with Crippen molar-refractivity contribution in [3.63, 3.8) is 0 Å². The molecule has 2 aromatic rings. The van der Waals surface area contributed by atoms with Gasteiger partial charge in [-0.15, -0.1) is 0 Å². The predicted molar refractivity (Wildman–Crippen MR) is 80.2 cm³/mol. The summed E-state index contributed by atoms with van der Waals surface area (Å²) in [4.78, 5) is 16.4. The van der Waals surface area contributed by atoms with Crippen molar-refractivity contribution >= 4 is 16.9 Å². The lowest BCUT2D eigenvalue weighted by atomic mass is 10.2. The molecule has 0 aliphatic rings. The number of fused-ring (bicyclic) bond motifs is 1. The average molecular weight is 274 g/mol. The zero-order chi connectivity index (χ0) is 14.7. The SMILES string of the molecule is CC(N)CCC(=O)NC(C)c1nc2ccccc2n1C. The molecule has 0 radical (unpaired) electrons. The highest BCUT2D eigenvalue weighted by molar-refractivity contribution is 5.78. The number of aryl methyl sites for hydroxylation is 1. The molecule has 108 valence electrons. The van der Waals surface area contributed by atoms with E-state index in [0.29, 0.717) is 12.8 Å². The van der Waals surface area contributed by atoms with Crippen molar-refractivity contribution in [1.29, 1.82) is 0 Å². The number of nitrogens with two attached hydrogens (primary N) is 1. The maximum atomic E-state index is 11.9. The van der Waals surface area contributed by atoms with Crippen molar-refractivity contribution in [2.75, 3.05) is 0 Å². The van der Waals surface area contributed by atoms with Crippen LogP contribution in [0, 0.1) is 0 Å². The number of rotatable bonds is 5. The van der Waals surface area contributed by atoms with Gasteiger partial charge in [-0.05, 0) is 32.4 Å². The number of carbonyl (C=O) groups is 1. The van der Waals surface area contributed by atoms with Crippen LogP contribution in [0.2, 0.25) is 0 Å². The summed E-state index contributed by atoms with van der Waals surface area (Å²) in [5.41, 5.74) is 7.68. The Labute approximate surface area is 119 Å². The Morgan fingerprint density at radius 1 is 1.40 bits per heavy atom. The van der Waals surface area contributed by atoms with Crippen LogP contribution in [0.5, 0.6) is 0 Å². The maximum Gasteiger partial charge on any atom is 0.220 e. The van der Waals surface area contributed by atoms with E-state index in [2.05, 4.69) is 10.3 Å². The molecule has 1 aromatic heterocycles. The number of imidazole rings is 1. The van der Waals surface area contributed by atoms with Crippen LogP contribution in [-0.2, 0) is 11.8 Å². The summed E-state index contributed by atoms with van der Waals surface area (Å²) in [5.74, 6) is 0.877. The summed E-state index contributed by atoms with van der Waals surface area (Å²) < 4.78 is 2.02. The van der Waals surface area contributed by atoms with Gasteiger partial charge in [-0.2, -0.15) is 0 Å². The third kappa shape index (κ3) is 3.17. The van der Waals surface area contributed by atoms with Crippen molar-refractivity contribution in [2.45, 2.75) is 38.8 Å². The molecule has 0 saturated heterocycles. The average Bonchev–Trinajstić information content (AvgIpc) is 2.74. The lowest BCUT2D eigenvalue weighted by molar-refractivity contribution is -0.121. The Morgan fingerprint density at radius 2 is 2.10 bits per heavy atom. The Kier molecular flexibility index (Phi) is 4.39. The van der Waals surface area contributed by atoms with E-state index in [4.69, 9.17) is 5.73 Å². The Hall–Kier alpha value is -1.88. The van der Waals surface area contributed by atoms with Crippen molar-refractivity contribution in [1.82, 2.24) is 14.9 Å². The summed E-state index contributed by atoms with van der Waals surface area (Å²) in [6.45, 7) is 3.85. The summed E-state index contributed by atoms with van der Waals surface area (Å²) >= 11 is 0. The molecule has 0 saturated carbocycles. The van der Waals surface area contributed by atoms with Crippen LogP contribution in [0.1, 0.15) is 38.6 Å². The monoisotopic (exact) mass is 274 g/mol. The fourth-order valence-corrected chi connectivity index (χ4v) is 2.29. The number of amides is 1. The van der Waals surface area contributed by atoms with E-state index in [0.717, 1.165) is 16.9 Å². The standard InChI is InChI=1S/C15H22N4O/c1-10(16)8-9-14(20)17-11(2)15-18-12-6-4-5-7-13(12)19(15)3/h4-7,10-11H,8-9,16H2,1-3H3,(H,17,20). The molecule has 0 aliphatic carbocycles. The minimum Gasteiger partial charge on any atom is -0.346 e. The van der Waals surface area contributed by atoms with Gasteiger partial charge in [0.25, 0.3) is 0 Å². The van der Waals surface area contributed by atoms with E-state index in [1.807, 2.05) is 49.7 Å². The van der Waals surface area contributed by atoms with Crippen LogP contribution < -0.4 is 11.1 Å². The lowest BCUT2D eigenvalue weighted by Gasteiger charge is -2.14. The smallest absolute Gasteiger partial charge is 0.220 e. The van der Waals surface area contributed by atoms with Gasteiger partial charge in [-0.1, -0.05) is 12.1 Å². The van der Waals surface area contributed by atoms with Gasteiger partial charge in [0.2, 0.25) is 5.91 Å². The fraction of sp³-hybridized carbons (Fsp3) is 0.467. The normalized spacial score (nSPS) is 14.2. The first-order chi connectivity index (χ1) is 9.49. The molecule has 1 amide bonds. The topological polar surface area (TPSA) is 72.9 Å². The van der Waals surface area contributed by atoms with Crippen molar-refractivity contribution in [2.24, 2.45) is 12.8 Å². The maximum absolute atomic E-state index is 11.9. The Morgan fingerprint density at radius 3 is 2.75 bits per heavy atom. The summed E-state index contributed by atoms with van der Waals surface area (Å²) in [6, 6.07) is 7.88. The number of aromatic nitrogens is 2. The molecule has 0 aliphatic heterocycles. The molecule has 0 fully saturated rings. The third-order valence-electron chi connectivity index (χ3n) is 3.41. The molecule has 5 heteroatoms. The zero-order valence-corrected chi connectivity index (χ0v) is 12.3. The van der Waals surface area contributed by atoms with E-state index < -0.39 is 0 Å². The van der Waals surface area contributed by atoms with Crippen LogP contribution in [0.4, 0.5) is 0 Å². The van der Waals surface area contributed by atoms with E-state index in [-0.39, 0.29) is 18.0 Å². The molecular weight excluding hydrogens is 252 g/mol. The number of hydrogen-bond donors (Lipinski definition) is 2. The molecule has 2 atom stereocenters. The molecule has 2 unspecified atom stereocenters. The molecule has 3 N–H and O–H groups in total. The quantitative estimate of drug-likeness (QED) is 0.874. The number of benzene rings is 1. The number of hydrogen-bond acceptors (Lipinski definition) is 3. The number of para-hydroxylation sites is 2. The molecule has 20 heavy (non-hydrogen) atoms. The zero-order valence-electron chi connectivity index (χ0n) is 12.3. The largest absolute Gasteiger partial charge is 0.346 e. The molecule has 0 bridgehead atoms. The second-order valence-electron chi connectivity index (χ2n) is 5.32. The van der Waals surface area contributed by atoms with Crippen LogP contribution in [0.3, 0.4) is 0 Å². The summed E-state index contributed by atoms with van der Waals surface area (Å²) in [7, 11) is 1.97. The minimum atomic E-state index is -0.118. The van der Waals surface area contributed by atoms with Gasteiger partial charge in [0.15, 0.2) is 0 Å². The van der Waals surface area contributed by atoms with E-state index in [1.165, 1.54) is 0 Å². The van der Waals surface area contributed by atoms with Crippen LogP contribution >= 0.6 is 0 Å². The first kappa shape index (κ1) is 14.5. The minimum absolute atomic E-state index is 0.0156.